The van der Waals surface area contributed by atoms with Crippen molar-refractivity contribution in [3.05, 3.63) is 82.2 Å². The Kier molecular flexibility index (Phi) is 5.78. The maximum Gasteiger partial charge on any atom is 0.0660 e. The summed E-state index contributed by atoms with van der Waals surface area (Å²) in [6.45, 7) is 4.24. The summed E-state index contributed by atoms with van der Waals surface area (Å²) >= 11 is 1.74. The molecule has 0 radical (unpaired) electrons. The molecule has 152 valence electrons. The number of rotatable bonds is 5. The van der Waals surface area contributed by atoms with Gasteiger partial charge in [0.1, 0.15) is 0 Å². The van der Waals surface area contributed by atoms with Gasteiger partial charge in [-0.3, -0.25) is 9.89 Å². The van der Waals surface area contributed by atoms with Crippen molar-refractivity contribution < 1.29 is 0 Å². The van der Waals surface area contributed by atoms with Crippen molar-refractivity contribution in [2.24, 2.45) is 4.99 Å². The lowest BCUT2D eigenvalue weighted by Gasteiger charge is -2.26. The molecule has 3 nitrogen and oxygen atoms in total. The van der Waals surface area contributed by atoms with Crippen LogP contribution in [0, 0.1) is 0 Å². The van der Waals surface area contributed by atoms with E-state index in [0.717, 1.165) is 12.2 Å². The van der Waals surface area contributed by atoms with Crippen LogP contribution < -0.4 is 5.32 Å². The number of nitrogens with one attached hydrogen (secondary N) is 1. The molecule has 0 atom stereocenters. The largest absolute Gasteiger partial charge is 0.361 e. The fraction of sp³-hybridized carbons (Fsp3) is 0.269. The molecule has 1 fully saturated rings. The molecular weight excluding hydrogens is 386 g/mol. The zero-order chi connectivity index (χ0) is 20.2. The zero-order valence-electron chi connectivity index (χ0n) is 17.2. The third-order valence-corrected chi connectivity index (χ3v) is 6.65. The summed E-state index contributed by atoms with van der Waals surface area (Å²) in [6, 6.07) is 17.7. The van der Waals surface area contributed by atoms with Crippen molar-refractivity contribution in [3.63, 3.8) is 0 Å². The van der Waals surface area contributed by atoms with Crippen LogP contribution in [0.5, 0.6) is 0 Å². The molecular formula is C26H27N3S. The van der Waals surface area contributed by atoms with E-state index in [9.17, 15) is 0 Å². The second-order valence-electron chi connectivity index (χ2n) is 8.13. The standard InChI is InChI=1S/C26H27N3S/c1-2-11-29(12-3-1)18-20-4-8-25(9-5-20)28-17-24-16-27-15-22-7-6-21(14-26(22)24)23-10-13-30-19-23/h4-10,13-15,17,19,28H,1-3,11-12,16,18H2/b24-17+. The van der Waals surface area contributed by atoms with E-state index in [-0.39, 0.29) is 0 Å². The highest BCUT2D eigenvalue weighted by atomic mass is 32.1. The van der Waals surface area contributed by atoms with Gasteiger partial charge in [-0.05, 0) is 94.3 Å². The molecule has 0 amide bonds. The topological polar surface area (TPSA) is 27.6 Å². The van der Waals surface area contributed by atoms with Gasteiger partial charge in [0.25, 0.3) is 0 Å². The summed E-state index contributed by atoms with van der Waals surface area (Å²) in [5, 5.41) is 7.82. The molecule has 4 heteroatoms. The number of hydrogen-bond acceptors (Lipinski definition) is 4. The van der Waals surface area contributed by atoms with Gasteiger partial charge in [0.15, 0.2) is 0 Å². The first-order chi connectivity index (χ1) is 14.8. The zero-order valence-corrected chi connectivity index (χ0v) is 18.0. The molecule has 1 saturated heterocycles. The van der Waals surface area contributed by atoms with Crippen LogP contribution in [0.15, 0.2) is 70.5 Å². The molecule has 1 N–H and O–H groups in total. The van der Waals surface area contributed by atoms with Crippen molar-refractivity contribution >= 4 is 28.8 Å². The van der Waals surface area contributed by atoms with E-state index in [1.54, 1.807) is 11.3 Å². The van der Waals surface area contributed by atoms with Gasteiger partial charge in [-0.15, -0.1) is 0 Å². The first-order valence-corrected chi connectivity index (χ1v) is 11.7. The number of thiophene rings is 1. The second-order valence-corrected chi connectivity index (χ2v) is 8.91. The monoisotopic (exact) mass is 413 g/mol. The molecule has 0 unspecified atom stereocenters. The van der Waals surface area contributed by atoms with Crippen LogP contribution in [0.25, 0.3) is 16.7 Å². The fourth-order valence-corrected chi connectivity index (χ4v) is 4.92. The Labute approximate surface area is 182 Å². The van der Waals surface area contributed by atoms with Gasteiger partial charge in [0, 0.05) is 24.6 Å². The van der Waals surface area contributed by atoms with Gasteiger partial charge in [-0.25, -0.2) is 0 Å². The normalized spacial score (nSPS) is 17.8. The Morgan fingerprint density at radius 3 is 2.63 bits per heavy atom. The molecule has 3 heterocycles. The number of likely N-dealkylation sites (tertiary alicyclic amines) is 1. The quantitative estimate of drug-likeness (QED) is 0.532. The van der Waals surface area contributed by atoms with Gasteiger partial charge < -0.3 is 5.32 Å². The maximum absolute atomic E-state index is 4.55. The third-order valence-electron chi connectivity index (χ3n) is 5.97. The number of benzene rings is 2. The number of piperidine rings is 1. The Bertz CT molecular complexity index is 1040. The van der Waals surface area contributed by atoms with Crippen LogP contribution in [0.1, 0.15) is 36.0 Å². The average molecular weight is 414 g/mol. The molecule has 0 saturated carbocycles. The van der Waals surface area contributed by atoms with Crippen molar-refractivity contribution in [1.29, 1.82) is 0 Å². The molecule has 2 aromatic carbocycles. The number of aliphatic imine (C=N–C) groups is 1. The van der Waals surface area contributed by atoms with E-state index in [1.807, 2.05) is 6.21 Å². The third kappa shape index (κ3) is 4.40. The fourth-order valence-electron chi connectivity index (χ4n) is 4.26. The molecule has 0 aliphatic carbocycles. The predicted molar refractivity (Wildman–Crippen MR) is 129 cm³/mol. The molecule has 1 aromatic heterocycles. The highest BCUT2D eigenvalue weighted by Crippen LogP contribution is 2.30. The lowest BCUT2D eigenvalue weighted by Crippen LogP contribution is -2.29. The number of hydrogen-bond donors (Lipinski definition) is 1. The van der Waals surface area contributed by atoms with E-state index in [0.29, 0.717) is 6.54 Å². The minimum absolute atomic E-state index is 0.708. The summed E-state index contributed by atoms with van der Waals surface area (Å²) in [6.07, 6.45) is 8.17. The second kappa shape index (κ2) is 8.99. The summed E-state index contributed by atoms with van der Waals surface area (Å²) in [7, 11) is 0. The summed E-state index contributed by atoms with van der Waals surface area (Å²) in [5.74, 6) is 0. The average Bonchev–Trinajstić information content (AvgIpc) is 3.34. The SMILES string of the molecule is C1=NC/C(=C\Nc2ccc(CN3CCCCC3)cc2)c2cc(-c3ccsc3)ccc21. The maximum atomic E-state index is 4.55. The minimum Gasteiger partial charge on any atom is -0.361 e. The van der Waals surface area contributed by atoms with Crippen LogP contribution in [0.4, 0.5) is 5.69 Å². The van der Waals surface area contributed by atoms with Crippen LogP contribution in [0.3, 0.4) is 0 Å². The van der Waals surface area contributed by atoms with Crippen molar-refractivity contribution in [1.82, 2.24) is 4.90 Å². The predicted octanol–water partition coefficient (Wildman–Crippen LogP) is 6.29. The Morgan fingerprint density at radius 2 is 1.83 bits per heavy atom. The highest BCUT2D eigenvalue weighted by molar-refractivity contribution is 7.08. The van der Waals surface area contributed by atoms with Gasteiger partial charge in [-0.2, -0.15) is 11.3 Å². The van der Waals surface area contributed by atoms with Crippen LogP contribution in [0.2, 0.25) is 0 Å². The molecule has 30 heavy (non-hydrogen) atoms. The molecule has 5 rings (SSSR count). The van der Waals surface area contributed by atoms with Gasteiger partial charge >= 0.3 is 0 Å². The summed E-state index contributed by atoms with van der Waals surface area (Å²) < 4.78 is 0. The highest BCUT2D eigenvalue weighted by Gasteiger charge is 2.13. The Balaban J connectivity index is 1.30. The summed E-state index contributed by atoms with van der Waals surface area (Å²) in [5.41, 5.74) is 8.73. The van der Waals surface area contributed by atoms with E-state index in [4.69, 9.17) is 0 Å². The molecule has 2 aliphatic rings. The first kappa shape index (κ1) is 19.3. The van der Waals surface area contributed by atoms with Gasteiger partial charge in [0.05, 0.1) is 6.54 Å². The number of fused-ring (bicyclic) bond motifs is 1. The molecule has 0 bridgehead atoms. The molecule has 0 spiro atoms. The lowest BCUT2D eigenvalue weighted by molar-refractivity contribution is 0.221. The first-order valence-electron chi connectivity index (χ1n) is 10.8. The Morgan fingerprint density at radius 1 is 0.967 bits per heavy atom. The smallest absolute Gasteiger partial charge is 0.0660 e. The van der Waals surface area contributed by atoms with Crippen molar-refractivity contribution in [2.75, 3.05) is 25.0 Å². The van der Waals surface area contributed by atoms with Gasteiger partial charge in [0.2, 0.25) is 0 Å². The Hall–Kier alpha value is -2.69. The number of nitrogens with zero attached hydrogens (tertiary/aromatic N) is 2. The molecule has 2 aliphatic heterocycles. The van der Waals surface area contributed by atoms with Gasteiger partial charge in [-0.1, -0.05) is 30.7 Å². The number of anilines is 1. The van der Waals surface area contributed by atoms with Crippen molar-refractivity contribution in [3.8, 4) is 11.1 Å². The van der Waals surface area contributed by atoms with Crippen molar-refractivity contribution in [2.45, 2.75) is 25.8 Å². The van der Waals surface area contributed by atoms with Crippen LogP contribution >= 0.6 is 11.3 Å². The van der Waals surface area contributed by atoms with E-state index >= 15 is 0 Å². The minimum atomic E-state index is 0.708. The summed E-state index contributed by atoms with van der Waals surface area (Å²) in [4.78, 5) is 7.11. The molecule has 3 aromatic rings. The van der Waals surface area contributed by atoms with Crippen LogP contribution in [-0.2, 0) is 6.54 Å². The van der Waals surface area contributed by atoms with E-state index in [1.165, 1.54) is 65.7 Å². The lowest BCUT2D eigenvalue weighted by atomic mass is 9.94. The van der Waals surface area contributed by atoms with E-state index in [2.05, 4.69) is 80.7 Å². The van der Waals surface area contributed by atoms with E-state index < -0.39 is 0 Å². The van der Waals surface area contributed by atoms with Crippen LogP contribution in [-0.4, -0.2) is 30.7 Å².